The fraction of sp³-hybridized carbons (Fsp3) is 0.438. The van der Waals surface area contributed by atoms with Crippen molar-refractivity contribution in [1.82, 2.24) is 24.9 Å². The number of amides is 1. The molecule has 0 saturated carbocycles. The van der Waals surface area contributed by atoms with E-state index in [0.29, 0.717) is 25.4 Å². The summed E-state index contributed by atoms with van der Waals surface area (Å²) in [5, 5.41) is 12.0. The van der Waals surface area contributed by atoms with Crippen LogP contribution in [0.5, 0.6) is 5.88 Å². The molecule has 2 aromatic heterocycles. The summed E-state index contributed by atoms with van der Waals surface area (Å²) >= 11 is 0. The standard InChI is InChI=1S/C16H20N6O3/c1-20(2)13-5-6-14(19-18-13)25-12-7-9-21(10-12)16(24)11-22-15(23)4-3-8-17-22/h3-6,8,12H,7,9-11H2,1-2H3. The van der Waals surface area contributed by atoms with Crippen LogP contribution in [0.25, 0.3) is 0 Å². The Morgan fingerprint density at radius 1 is 1.32 bits per heavy atom. The van der Waals surface area contributed by atoms with Gasteiger partial charge in [0.25, 0.3) is 5.56 Å². The second kappa shape index (κ2) is 7.29. The summed E-state index contributed by atoms with van der Waals surface area (Å²) in [6, 6.07) is 6.52. The Morgan fingerprint density at radius 2 is 2.16 bits per heavy atom. The highest BCUT2D eigenvalue weighted by molar-refractivity contribution is 5.76. The molecule has 25 heavy (non-hydrogen) atoms. The molecular formula is C16H20N6O3. The van der Waals surface area contributed by atoms with Crippen molar-refractivity contribution in [3.05, 3.63) is 40.8 Å². The van der Waals surface area contributed by atoms with Crippen LogP contribution in [-0.2, 0) is 11.3 Å². The fourth-order valence-electron chi connectivity index (χ4n) is 2.57. The smallest absolute Gasteiger partial charge is 0.267 e. The largest absolute Gasteiger partial charge is 0.471 e. The first-order valence-corrected chi connectivity index (χ1v) is 8.00. The van der Waals surface area contributed by atoms with Crippen LogP contribution in [-0.4, -0.2) is 64.1 Å². The van der Waals surface area contributed by atoms with Gasteiger partial charge < -0.3 is 14.5 Å². The molecule has 132 valence electrons. The zero-order chi connectivity index (χ0) is 17.8. The summed E-state index contributed by atoms with van der Waals surface area (Å²) < 4.78 is 6.95. The second-order valence-electron chi connectivity index (χ2n) is 6.01. The normalized spacial score (nSPS) is 16.7. The second-order valence-corrected chi connectivity index (χ2v) is 6.01. The van der Waals surface area contributed by atoms with Crippen molar-refractivity contribution < 1.29 is 9.53 Å². The molecule has 1 aliphatic heterocycles. The predicted octanol–water partition coefficient (Wildman–Crippen LogP) is -0.221. The van der Waals surface area contributed by atoms with E-state index >= 15 is 0 Å². The van der Waals surface area contributed by atoms with Crippen LogP contribution in [0.1, 0.15) is 6.42 Å². The van der Waals surface area contributed by atoms with Crippen LogP contribution in [0.3, 0.4) is 0 Å². The molecule has 0 radical (unpaired) electrons. The Kier molecular flexibility index (Phi) is 4.92. The van der Waals surface area contributed by atoms with Crippen molar-refractivity contribution in [3.63, 3.8) is 0 Å². The van der Waals surface area contributed by atoms with Crippen molar-refractivity contribution in [2.24, 2.45) is 0 Å². The molecule has 3 heterocycles. The first-order chi connectivity index (χ1) is 12.0. The number of hydrogen-bond acceptors (Lipinski definition) is 7. The van der Waals surface area contributed by atoms with Crippen LogP contribution in [0.15, 0.2) is 35.3 Å². The SMILES string of the molecule is CN(C)c1ccc(OC2CCN(C(=O)Cn3ncccc3=O)C2)nn1. The lowest BCUT2D eigenvalue weighted by Gasteiger charge is -2.17. The predicted molar refractivity (Wildman–Crippen MR) is 90.5 cm³/mol. The first-order valence-electron chi connectivity index (χ1n) is 8.00. The number of hydrogen-bond donors (Lipinski definition) is 0. The Labute approximate surface area is 144 Å². The van der Waals surface area contributed by atoms with Gasteiger partial charge in [-0.3, -0.25) is 9.59 Å². The number of rotatable bonds is 5. The lowest BCUT2D eigenvalue weighted by Crippen LogP contribution is -2.36. The van der Waals surface area contributed by atoms with Gasteiger partial charge >= 0.3 is 0 Å². The zero-order valence-corrected chi connectivity index (χ0v) is 14.2. The molecule has 3 rings (SSSR count). The third-order valence-corrected chi connectivity index (χ3v) is 3.94. The van der Waals surface area contributed by atoms with Crippen molar-refractivity contribution in [2.75, 3.05) is 32.1 Å². The fourth-order valence-corrected chi connectivity index (χ4v) is 2.57. The van der Waals surface area contributed by atoms with Crippen LogP contribution in [0.4, 0.5) is 5.82 Å². The van der Waals surface area contributed by atoms with Gasteiger partial charge in [0.1, 0.15) is 12.6 Å². The summed E-state index contributed by atoms with van der Waals surface area (Å²) in [5.41, 5.74) is -0.292. The van der Waals surface area contributed by atoms with E-state index in [4.69, 9.17) is 4.74 Å². The Morgan fingerprint density at radius 3 is 2.84 bits per heavy atom. The van der Waals surface area contributed by atoms with Gasteiger partial charge in [0.15, 0.2) is 5.82 Å². The van der Waals surface area contributed by atoms with E-state index in [0.717, 1.165) is 10.5 Å². The molecule has 9 heteroatoms. The minimum Gasteiger partial charge on any atom is -0.471 e. The molecule has 1 amide bonds. The molecular weight excluding hydrogens is 324 g/mol. The van der Waals surface area contributed by atoms with Crippen LogP contribution < -0.4 is 15.2 Å². The highest BCUT2D eigenvalue weighted by atomic mass is 16.5. The molecule has 0 spiro atoms. The van der Waals surface area contributed by atoms with Gasteiger partial charge in [0, 0.05) is 45.4 Å². The van der Waals surface area contributed by atoms with E-state index in [2.05, 4.69) is 15.3 Å². The van der Waals surface area contributed by atoms with Crippen LogP contribution >= 0.6 is 0 Å². The maximum absolute atomic E-state index is 12.3. The molecule has 1 aliphatic rings. The average Bonchev–Trinajstić information content (AvgIpc) is 3.06. The van der Waals surface area contributed by atoms with E-state index in [9.17, 15) is 9.59 Å². The van der Waals surface area contributed by atoms with Gasteiger partial charge in [-0.1, -0.05) is 0 Å². The van der Waals surface area contributed by atoms with Crippen molar-refractivity contribution in [1.29, 1.82) is 0 Å². The van der Waals surface area contributed by atoms with E-state index in [-0.39, 0.29) is 24.1 Å². The maximum atomic E-state index is 12.3. The topological polar surface area (TPSA) is 93.5 Å². The summed E-state index contributed by atoms with van der Waals surface area (Å²) in [7, 11) is 3.77. The van der Waals surface area contributed by atoms with E-state index in [1.54, 1.807) is 17.0 Å². The number of nitrogens with zero attached hydrogens (tertiary/aromatic N) is 6. The lowest BCUT2D eigenvalue weighted by atomic mass is 10.3. The molecule has 0 N–H and O–H groups in total. The van der Waals surface area contributed by atoms with Gasteiger partial charge in [-0.05, 0) is 12.1 Å². The van der Waals surface area contributed by atoms with Gasteiger partial charge in [-0.25, -0.2) is 4.68 Å². The number of anilines is 1. The Hall–Kier alpha value is -2.97. The summed E-state index contributed by atoms with van der Waals surface area (Å²) in [4.78, 5) is 27.5. The Bertz CT molecular complexity index is 789. The van der Waals surface area contributed by atoms with Crippen molar-refractivity contribution >= 4 is 11.7 Å². The van der Waals surface area contributed by atoms with Crippen LogP contribution in [0.2, 0.25) is 0 Å². The number of carbonyl (C=O) groups excluding carboxylic acids is 1. The third kappa shape index (κ3) is 4.11. The minimum atomic E-state index is -0.292. The average molecular weight is 344 g/mol. The van der Waals surface area contributed by atoms with Crippen LogP contribution in [0, 0.1) is 0 Å². The van der Waals surface area contributed by atoms with Gasteiger partial charge in [-0.15, -0.1) is 10.2 Å². The summed E-state index contributed by atoms with van der Waals surface area (Å²) in [5.74, 6) is 1.03. The summed E-state index contributed by atoms with van der Waals surface area (Å²) in [6.45, 7) is 0.968. The van der Waals surface area contributed by atoms with Crippen molar-refractivity contribution in [3.8, 4) is 5.88 Å². The lowest BCUT2D eigenvalue weighted by molar-refractivity contribution is -0.131. The van der Waals surface area contributed by atoms with Crippen molar-refractivity contribution in [2.45, 2.75) is 19.1 Å². The minimum absolute atomic E-state index is 0.0657. The molecule has 1 saturated heterocycles. The molecule has 0 aliphatic carbocycles. The zero-order valence-electron chi connectivity index (χ0n) is 14.2. The van der Waals surface area contributed by atoms with E-state index in [1.165, 1.54) is 12.3 Å². The third-order valence-electron chi connectivity index (χ3n) is 3.94. The van der Waals surface area contributed by atoms with E-state index < -0.39 is 0 Å². The summed E-state index contributed by atoms with van der Waals surface area (Å²) in [6.07, 6.45) is 2.06. The molecule has 0 aromatic carbocycles. The number of ether oxygens (including phenoxy) is 1. The Balaban J connectivity index is 1.55. The first kappa shape index (κ1) is 16.9. The molecule has 1 unspecified atom stereocenters. The molecule has 1 fully saturated rings. The highest BCUT2D eigenvalue weighted by Gasteiger charge is 2.28. The van der Waals surface area contributed by atoms with Gasteiger partial charge in [0.2, 0.25) is 11.8 Å². The van der Waals surface area contributed by atoms with E-state index in [1.807, 2.05) is 25.1 Å². The molecule has 9 nitrogen and oxygen atoms in total. The molecule has 1 atom stereocenters. The monoisotopic (exact) mass is 344 g/mol. The van der Waals surface area contributed by atoms with Gasteiger partial charge in [0.05, 0.1) is 6.54 Å². The van der Waals surface area contributed by atoms with Gasteiger partial charge in [-0.2, -0.15) is 5.10 Å². The number of likely N-dealkylation sites (tertiary alicyclic amines) is 1. The highest BCUT2D eigenvalue weighted by Crippen LogP contribution is 2.17. The quantitative estimate of drug-likeness (QED) is 0.740. The molecule has 2 aromatic rings. The molecule has 0 bridgehead atoms. The number of aromatic nitrogens is 4. The maximum Gasteiger partial charge on any atom is 0.267 e. The number of carbonyl (C=O) groups is 1.